The molecule has 0 radical (unpaired) electrons. The van der Waals surface area contributed by atoms with E-state index in [0.717, 1.165) is 19.3 Å². The number of hydrogen-bond donors (Lipinski definition) is 1. The minimum Gasteiger partial charge on any atom is -0.462 e. The lowest BCUT2D eigenvalue weighted by molar-refractivity contribution is -0.146. The summed E-state index contributed by atoms with van der Waals surface area (Å²) in [6, 6.07) is 0.132. The SMILES string of the molecule is CC(=O)OC1CC=CCC(N)C1. The lowest BCUT2D eigenvalue weighted by Gasteiger charge is -2.16. The van der Waals surface area contributed by atoms with Crippen molar-refractivity contribution in [1.82, 2.24) is 0 Å². The number of carbonyl (C=O) groups is 1. The Morgan fingerprint density at radius 3 is 2.83 bits per heavy atom. The maximum atomic E-state index is 10.6. The van der Waals surface area contributed by atoms with Crippen LogP contribution >= 0.6 is 0 Å². The monoisotopic (exact) mass is 169 g/mol. The third kappa shape index (κ3) is 3.05. The van der Waals surface area contributed by atoms with Gasteiger partial charge < -0.3 is 10.5 Å². The third-order valence-corrected chi connectivity index (χ3v) is 1.90. The van der Waals surface area contributed by atoms with E-state index in [4.69, 9.17) is 10.5 Å². The van der Waals surface area contributed by atoms with Gasteiger partial charge in [-0.1, -0.05) is 12.2 Å². The lowest BCUT2D eigenvalue weighted by atomic mass is 10.1. The molecule has 2 atom stereocenters. The molecule has 1 aliphatic rings. The van der Waals surface area contributed by atoms with Crippen LogP contribution in [0, 0.1) is 0 Å². The van der Waals surface area contributed by atoms with Crippen LogP contribution in [-0.4, -0.2) is 18.1 Å². The quantitative estimate of drug-likeness (QED) is 0.470. The predicted octanol–water partition coefficient (Wildman–Crippen LogP) is 0.985. The van der Waals surface area contributed by atoms with Crippen molar-refractivity contribution in [2.24, 2.45) is 5.73 Å². The van der Waals surface area contributed by atoms with Crippen LogP contribution in [0.5, 0.6) is 0 Å². The molecule has 0 amide bonds. The van der Waals surface area contributed by atoms with Gasteiger partial charge in [0, 0.05) is 25.8 Å². The van der Waals surface area contributed by atoms with Gasteiger partial charge in [0.15, 0.2) is 0 Å². The molecule has 1 rings (SSSR count). The molecule has 0 heterocycles. The summed E-state index contributed by atoms with van der Waals surface area (Å²) in [5, 5.41) is 0. The zero-order valence-corrected chi connectivity index (χ0v) is 7.32. The van der Waals surface area contributed by atoms with Gasteiger partial charge in [0.25, 0.3) is 0 Å². The highest BCUT2D eigenvalue weighted by Crippen LogP contribution is 2.14. The first kappa shape index (κ1) is 9.26. The second-order valence-corrected chi connectivity index (χ2v) is 3.17. The van der Waals surface area contributed by atoms with Crippen molar-refractivity contribution in [1.29, 1.82) is 0 Å². The standard InChI is InChI=1S/C9H15NO2/c1-7(11)12-9-5-3-2-4-8(10)6-9/h2-3,8-9H,4-6,10H2,1H3. The summed E-state index contributed by atoms with van der Waals surface area (Å²) in [5.74, 6) is -0.220. The van der Waals surface area contributed by atoms with Gasteiger partial charge >= 0.3 is 5.97 Å². The Hall–Kier alpha value is -0.830. The molecule has 0 aromatic rings. The van der Waals surface area contributed by atoms with Crippen LogP contribution in [0.4, 0.5) is 0 Å². The number of nitrogens with two attached hydrogens (primary N) is 1. The van der Waals surface area contributed by atoms with Gasteiger partial charge in [0.1, 0.15) is 6.10 Å². The molecule has 0 aromatic carbocycles. The smallest absolute Gasteiger partial charge is 0.302 e. The van der Waals surface area contributed by atoms with Gasteiger partial charge in [-0.15, -0.1) is 0 Å². The molecule has 1 aliphatic carbocycles. The van der Waals surface area contributed by atoms with E-state index in [1.165, 1.54) is 6.92 Å². The molecular formula is C9H15NO2. The molecule has 12 heavy (non-hydrogen) atoms. The molecule has 0 saturated heterocycles. The molecule has 2 N–H and O–H groups in total. The molecule has 0 saturated carbocycles. The van der Waals surface area contributed by atoms with Crippen LogP contribution in [-0.2, 0) is 9.53 Å². The number of esters is 1. The first-order chi connectivity index (χ1) is 5.68. The Morgan fingerprint density at radius 1 is 1.50 bits per heavy atom. The van der Waals surface area contributed by atoms with Crippen molar-refractivity contribution >= 4 is 5.97 Å². The summed E-state index contributed by atoms with van der Waals surface area (Å²) in [6.07, 6.45) is 6.52. The number of hydrogen-bond acceptors (Lipinski definition) is 3. The molecular weight excluding hydrogens is 154 g/mol. The van der Waals surface area contributed by atoms with E-state index >= 15 is 0 Å². The largest absolute Gasteiger partial charge is 0.462 e. The first-order valence-electron chi connectivity index (χ1n) is 4.26. The summed E-state index contributed by atoms with van der Waals surface area (Å²) < 4.78 is 5.07. The summed E-state index contributed by atoms with van der Waals surface area (Å²) in [6.45, 7) is 1.43. The minimum atomic E-state index is -0.220. The van der Waals surface area contributed by atoms with Crippen LogP contribution < -0.4 is 5.73 Å². The fourth-order valence-electron chi connectivity index (χ4n) is 1.38. The number of carbonyl (C=O) groups excluding carboxylic acids is 1. The second kappa shape index (κ2) is 4.26. The van der Waals surface area contributed by atoms with Crippen molar-refractivity contribution in [3.8, 4) is 0 Å². The molecule has 68 valence electrons. The van der Waals surface area contributed by atoms with Gasteiger partial charge in [-0.3, -0.25) is 4.79 Å². The molecule has 3 heteroatoms. The Balaban J connectivity index is 2.42. The van der Waals surface area contributed by atoms with E-state index in [0.29, 0.717) is 0 Å². The summed E-state index contributed by atoms with van der Waals surface area (Å²) in [4.78, 5) is 10.6. The molecule has 2 unspecified atom stereocenters. The highest BCUT2D eigenvalue weighted by atomic mass is 16.5. The van der Waals surface area contributed by atoms with Gasteiger partial charge in [0.05, 0.1) is 0 Å². The van der Waals surface area contributed by atoms with Crippen LogP contribution in [0.25, 0.3) is 0 Å². The number of rotatable bonds is 1. The topological polar surface area (TPSA) is 52.3 Å². The predicted molar refractivity (Wildman–Crippen MR) is 46.5 cm³/mol. The van der Waals surface area contributed by atoms with Crippen molar-refractivity contribution in [3.63, 3.8) is 0 Å². The average Bonchev–Trinajstić information content (AvgIpc) is 2.12. The van der Waals surface area contributed by atoms with E-state index in [-0.39, 0.29) is 18.1 Å². The van der Waals surface area contributed by atoms with Crippen molar-refractivity contribution in [3.05, 3.63) is 12.2 Å². The zero-order valence-electron chi connectivity index (χ0n) is 7.32. The normalized spacial score (nSPS) is 29.5. The van der Waals surface area contributed by atoms with Gasteiger partial charge in [-0.2, -0.15) is 0 Å². The fourth-order valence-corrected chi connectivity index (χ4v) is 1.38. The van der Waals surface area contributed by atoms with E-state index in [9.17, 15) is 4.79 Å². The second-order valence-electron chi connectivity index (χ2n) is 3.17. The van der Waals surface area contributed by atoms with Crippen LogP contribution in [0.1, 0.15) is 26.2 Å². The van der Waals surface area contributed by atoms with Crippen molar-refractivity contribution < 1.29 is 9.53 Å². The maximum Gasteiger partial charge on any atom is 0.302 e. The van der Waals surface area contributed by atoms with Crippen LogP contribution in [0.3, 0.4) is 0 Å². The molecule has 0 aromatic heterocycles. The van der Waals surface area contributed by atoms with E-state index in [1.54, 1.807) is 0 Å². The average molecular weight is 169 g/mol. The summed E-state index contributed by atoms with van der Waals surface area (Å²) in [7, 11) is 0. The number of ether oxygens (including phenoxy) is 1. The minimum absolute atomic E-state index is 0.0174. The molecule has 0 fully saturated rings. The van der Waals surface area contributed by atoms with E-state index in [1.807, 2.05) is 12.2 Å². The molecule has 3 nitrogen and oxygen atoms in total. The maximum absolute atomic E-state index is 10.6. The van der Waals surface area contributed by atoms with Crippen molar-refractivity contribution in [2.75, 3.05) is 0 Å². The Morgan fingerprint density at radius 2 is 2.17 bits per heavy atom. The van der Waals surface area contributed by atoms with Crippen molar-refractivity contribution in [2.45, 2.75) is 38.3 Å². The Bertz CT molecular complexity index is 189. The fraction of sp³-hybridized carbons (Fsp3) is 0.667. The van der Waals surface area contributed by atoms with E-state index < -0.39 is 0 Å². The van der Waals surface area contributed by atoms with Gasteiger partial charge in [0.2, 0.25) is 0 Å². The third-order valence-electron chi connectivity index (χ3n) is 1.90. The van der Waals surface area contributed by atoms with E-state index in [2.05, 4.69) is 0 Å². The van der Waals surface area contributed by atoms with Gasteiger partial charge in [-0.05, 0) is 6.42 Å². The van der Waals surface area contributed by atoms with Crippen LogP contribution in [0.15, 0.2) is 12.2 Å². The lowest BCUT2D eigenvalue weighted by Crippen LogP contribution is -2.26. The molecule has 0 bridgehead atoms. The van der Waals surface area contributed by atoms with Gasteiger partial charge in [-0.25, -0.2) is 0 Å². The highest BCUT2D eigenvalue weighted by molar-refractivity contribution is 5.66. The first-order valence-corrected chi connectivity index (χ1v) is 4.26. The molecule has 0 spiro atoms. The summed E-state index contributed by atoms with van der Waals surface area (Å²) in [5.41, 5.74) is 5.76. The van der Waals surface area contributed by atoms with Crippen LogP contribution in [0.2, 0.25) is 0 Å². The Labute approximate surface area is 72.6 Å². The Kier molecular flexibility index (Phi) is 3.29. The molecule has 0 aliphatic heterocycles. The summed E-state index contributed by atoms with van der Waals surface area (Å²) >= 11 is 0. The zero-order chi connectivity index (χ0) is 8.97. The highest BCUT2D eigenvalue weighted by Gasteiger charge is 2.16.